The van der Waals surface area contributed by atoms with Crippen molar-refractivity contribution in [1.29, 1.82) is 0 Å². The van der Waals surface area contributed by atoms with E-state index in [0.29, 0.717) is 11.4 Å². The number of hydrogen-bond donors (Lipinski definition) is 1. The highest BCUT2D eigenvalue weighted by Crippen LogP contribution is 2.29. The van der Waals surface area contributed by atoms with Crippen LogP contribution in [0.25, 0.3) is 16.7 Å². The molecule has 0 unspecified atom stereocenters. The summed E-state index contributed by atoms with van der Waals surface area (Å²) in [6.45, 7) is 3.88. The zero-order valence-corrected chi connectivity index (χ0v) is 17.2. The molecule has 0 atom stereocenters. The lowest BCUT2D eigenvalue weighted by atomic mass is 10.1. The Labute approximate surface area is 179 Å². The Balaban J connectivity index is 0.00000218. The lowest BCUT2D eigenvalue weighted by Crippen LogP contribution is -2.22. The Bertz CT molecular complexity index is 1250. The van der Waals surface area contributed by atoms with Gasteiger partial charge in [-0.05, 0) is 37.3 Å². The molecule has 0 saturated heterocycles. The molecule has 1 N–H and O–H groups in total. The molecule has 4 aromatic rings. The topological polar surface area (TPSA) is 82.2 Å². The number of aromatic nitrogens is 3. The summed E-state index contributed by atoms with van der Waals surface area (Å²) in [5.74, 6) is 1.53. The quantitative estimate of drug-likeness (QED) is 0.541. The van der Waals surface area contributed by atoms with Gasteiger partial charge in [0.2, 0.25) is 0 Å². The summed E-state index contributed by atoms with van der Waals surface area (Å²) in [6, 6.07) is 12.9. The van der Waals surface area contributed by atoms with Gasteiger partial charge in [0.15, 0.2) is 0 Å². The second-order valence-electron chi connectivity index (χ2n) is 7.14. The fourth-order valence-electron chi connectivity index (χ4n) is 3.57. The van der Waals surface area contributed by atoms with Crippen LogP contribution in [0.15, 0.2) is 57.9 Å². The lowest BCUT2D eigenvalue weighted by Gasteiger charge is -2.10. The molecule has 0 amide bonds. The van der Waals surface area contributed by atoms with Crippen molar-refractivity contribution in [1.82, 2.24) is 20.1 Å². The van der Waals surface area contributed by atoms with E-state index < -0.39 is 0 Å². The van der Waals surface area contributed by atoms with Gasteiger partial charge in [0.05, 0.1) is 11.4 Å². The Morgan fingerprint density at radius 3 is 2.87 bits per heavy atom. The largest absolute Gasteiger partial charge is 0.487 e. The van der Waals surface area contributed by atoms with Crippen molar-refractivity contribution in [2.75, 3.05) is 6.54 Å². The molecule has 0 spiro atoms. The van der Waals surface area contributed by atoms with Crippen LogP contribution in [-0.2, 0) is 19.6 Å². The molecule has 4 heterocycles. The van der Waals surface area contributed by atoms with Crippen molar-refractivity contribution in [3.63, 3.8) is 0 Å². The van der Waals surface area contributed by atoms with E-state index in [4.69, 9.17) is 9.15 Å². The molecule has 0 aliphatic carbocycles. The number of pyridine rings is 1. The molecular formula is C22H21ClN4O3. The molecule has 154 valence electrons. The first-order valence-corrected chi connectivity index (χ1v) is 9.57. The van der Waals surface area contributed by atoms with E-state index in [1.54, 1.807) is 16.8 Å². The minimum atomic E-state index is -0.171. The van der Waals surface area contributed by atoms with E-state index in [1.807, 2.05) is 37.3 Å². The molecular weight excluding hydrogens is 404 g/mol. The zero-order chi connectivity index (χ0) is 19.8. The van der Waals surface area contributed by atoms with Crippen LogP contribution in [0.5, 0.6) is 5.75 Å². The van der Waals surface area contributed by atoms with E-state index in [-0.39, 0.29) is 24.6 Å². The van der Waals surface area contributed by atoms with E-state index >= 15 is 0 Å². The van der Waals surface area contributed by atoms with Gasteiger partial charge in [-0.2, -0.15) is 10.2 Å². The van der Waals surface area contributed by atoms with Gasteiger partial charge in [0, 0.05) is 48.8 Å². The molecule has 30 heavy (non-hydrogen) atoms. The van der Waals surface area contributed by atoms with E-state index in [1.165, 1.54) is 11.6 Å². The Morgan fingerprint density at radius 1 is 1.17 bits per heavy atom. The molecule has 1 aromatic carbocycles. The monoisotopic (exact) mass is 424 g/mol. The van der Waals surface area contributed by atoms with Crippen molar-refractivity contribution < 1.29 is 9.15 Å². The highest BCUT2D eigenvalue weighted by molar-refractivity contribution is 5.85. The number of nitrogens with zero attached hydrogens (tertiary/aromatic N) is 3. The fraction of sp³-hybridized carbons (Fsp3) is 0.227. The van der Waals surface area contributed by atoms with Crippen LogP contribution in [0.4, 0.5) is 0 Å². The van der Waals surface area contributed by atoms with Gasteiger partial charge in [-0.15, -0.1) is 12.4 Å². The van der Waals surface area contributed by atoms with Gasteiger partial charge in [-0.25, -0.2) is 0 Å². The third-order valence-electron chi connectivity index (χ3n) is 5.10. The Hall–Kier alpha value is -3.16. The first kappa shape index (κ1) is 20.1. The SMILES string of the molecule is Cc1ccc(COc2ccn(-c3ccc4c5c(oc4c3)CCNC5)c(=O)c2)nn1.Cl. The van der Waals surface area contributed by atoms with Crippen LogP contribution < -0.4 is 15.6 Å². The van der Waals surface area contributed by atoms with Crippen LogP contribution in [0.1, 0.15) is 22.7 Å². The van der Waals surface area contributed by atoms with Crippen LogP contribution in [0.2, 0.25) is 0 Å². The van der Waals surface area contributed by atoms with Gasteiger partial charge in [-0.3, -0.25) is 9.36 Å². The average Bonchev–Trinajstić information content (AvgIpc) is 3.11. The Morgan fingerprint density at radius 2 is 2.07 bits per heavy atom. The normalized spacial score (nSPS) is 13.0. The lowest BCUT2D eigenvalue weighted by molar-refractivity contribution is 0.299. The average molecular weight is 425 g/mol. The summed E-state index contributed by atoms with van der Waals surface area (Å²) >= 11 is 0. The van der Waals surface area contributed by atoms with Gasteiger partial charge in [0.1, 0.15) is 29.4 Å². The van der Waals surface area contributed by atoms with E-state index in [9.17, 15) is 4.79 Å². The first-order chi connectivity index (χ1) is 14.2. The van der Waals surface area contributed by atoms with Crippen LogP contribution in [0, 0.1) is 6.92 Å². The minimum absolute atomic E-state index is 0. The maximum absolute atomic E-state index is 12.6. The highest BCUT2D eigenvalue weighted by atomic mass is 35.5. The molecule has 3 aromatic heterocycles. The van der Waals surface area contributed by atoms with E-state index in [0.717, 1.165) is 47.6 Å². The van der Waals surface area contributed by atoms with Crippen LogP contribution in [-0.4, -0.2) is 21.3 Å². The maximum atomic E-state index is 12.6. The molecule has 5 rings (SSSR count). The summed E-state index contributed by atoms with van der Waals surface area (Å²) in [4.78, 5) is 12.6. The molecule has 1 aliphatic heterocycles. The summed E-state index contributed by atoms with van der Waals surface area (Å²) in [5, 5.41) is 12.5. The molecule has 8 heteroatoms. The van der Waals surface area contributed by atoms with Gasteiger partial charge in [-0.1, -0.05) is 0 Å². The molecule has 7 nitrogen and oxygen atoms in total. The fourth-order valence-corrected chi connectivity index (χ4v) is 3.57. The summed E-state index contributed by atoms with van der Waals surface area (Å²) in [5.41, 5.74) is 4.17. The predicted molar refractivity (Wildman–Crippen MR) is 116 cm³/mol. The van der Waals surface area contributed by atoms with Crippen molar-refractivity contribution in [2.45, 2.75) is 26.5 Å². The number of furan rings is 1. The summed E-state index contributed by atoms with van der Waals surface area (Å²) < 4.78 is 13.3. The molecule has 0 bridgehead atoms. The number of fused-ring (bicyclic) bond motifs is 3. The predicted octanol–water partition coefficient (Wildman–Crippen LogP) is 3.33. The zero-order valence-electron chi connectivity index (χ0n) is 16.4. The molecule has 0 radical (unpaired) electrons. The number of aryl methyl sites for hydroxylation is 1. The highest BCUT2D eigenvalue weighted by Gasteiger charge is 2.17. The first-order valence-electron chi connectivity index (χ1n) is 9.57. The van der Waals surface area contributed by atoms with E-state index in [2.05, 4.69) is 15.5 Å². The van der Waals surface area contributed by atoms with Crippen LogP contribution in [0.3, 0.4) is 0 Å². The Kier molecular flexibility index (Phi) is 5.57. The second-order valence-corrected chi connectivity index (χ2v) is 7.14. The third kappa shape index (κ3) is 3.81. The van der Waals surface area contributed by atoms with Crippen molar-refractivity contribution in [3.05, 3.63) is 81.7 Å². The summed E-state index contributed by atoms with van der Waals surface area (Å²) in [7, 11) is 0. The van der Waals surface area contributed by atoms with Crippen molar-refractivity contribution in [2.24, 2.45) is 0 Å². The number of halogens is 1. The molecule has 0 saturated carbocycles. The van der Waals surface area contributed by atoms with Gasteiger partial charge >= 0.3 is 0 Å². The van der Waals surface area contributed by atoms with Gasteiger partial charge < -0.3 is 14.5 Å². The number of ether oxygens (including phenoxy) is 1. The standard InChI is InChI=1S/C22H20N4O3.ClH/c1-14-2-3-15(25-24-14)13-28-17-7-9-26(22(27)11-17)16-4-5-18-19-12-23-8-6-20(19)29-21(18)10-16;/h2-5,7,9-11,23H,6,8,12-13H2,1H3;1H. The van der Waals surface area contributed by atoms with Crippen molar-refractivity contribution >= 4 is 23.4 Å². The number of hydrogen-bond acceptors (Lipinski definition) is 6. The number of benzene rings is 1. The number of nitrogens with one attached hydrogen (secondary N) is 1. The molecule has 1 aliphatic rings. The smallest absolute Gasteiger partial charge is 0.258 e. The minimum Gasteiger partial charge on any atom is -0.487 e. The molecule has 0 fully saturated rings. The third-order valence-corrected chi connectivity index (χ3v) is 5.10. The summed E-state index contributed by atoms with van der Waals surface area (Å²) in [6.07, 6.45) is 2.60. The maximum Gasteiger partial charge on any atom is 0.258 e. The van der Waals surface area contributed by atoms with Gasteiger partial charge in [0.25, 0.3) is 5.56 Å². The van der Waals surface area contributed by atoms with Crippen LogP contribution >= 0.6 is 12.4 Å². The van der Waals surface area contributed by atoms with Crippen molar-refractivity contribution in [3.8, 4) is 11.4 Å². The second kappa shape index (κ2) is 8.30. The number of rotatable bonds is 4.